The minimum atomic E-state index is -0.133. The van der Waals surface area contributed by atoms with Gasteiger partial charge in [0.15, 0.2) is 0 Å². The van der Waals surface area contributed by atoms with Crippen molar-refractivity contribution < 1.29 is 14.0 Å². The number of hydrogen-bond donors (Lipinski definition) is 0. The molecule has 0 saturated carbocycles. The average Bonchev–Trinajstić information content (AvgIpc) is 3.19. The molecule has 0 bridgehead atoms. The van der Waals surface area contributed by atoms with Gasteiger partial charge in [0.1, 0.15) is 5.76 Å². The van der Waals surface area contributed by atoms with Crippen LogP contribution in [0.1, 0.15) is 29.0 Å². The minimum Gasteiger partial charge on any atom is -0.469 e. The molecule has 0 N–H and O–H groups in total. The fourth-order valence-corrected chi connectivity index (χ4v) is 4.53. The molecule has 2 saturated heterocycles. The van der Waals surface area contributed by atoms with Crippen molar-refractivity contribution in [2.75, 3.05) is 44.2 Å². The number of nitrogens with zero attached hydrogens (tertiary/aromatic N) is 3. The molecule has 2 aromatic rings. The van der Waals surface area contributed by atoms with Gasteiger partial charge in [-0.2, -0.15) is 0 Å². The number of benzene rings is 1. The molecule has 6 nitrogen and oxygen atoms in total. The summed E-state index contributed by atoms with van der Waals surface area (Å²) in [4.78, 5) is 31.9. The lowest BCUT2D eigenvalue weighted by atomic mass is 9.95. The van der Waals surface area contributed by atoms with E-state index in [4.69, 9.17) is 16.0 Å². The third kappa shape index (κ3) is 4.13. The van der Waals surface area contributed by atoms with Crippen LogP contribution in [-0.2, 0) is 4.79 Å². The Balaban J connectivity index is 1.36. The number of rotatable bonds is 3. The molecule has 2 amide bonds. The van der Waals surface area contributed by atoms with Crippen LogP contribution in [0, 0.1) is 12.8 Å². The van der Waals surface area contributed by atoms with E-state index in [9.17, 15) is 9.59 Å². The maximum atomic E-state index is 13.1. The standard InChI is InChI=1S/C22H26ClN3O3/c1-16-18(8-14-29-16)22(28)26-9-4-5-17(15-26)21(27)25-12-10-24(11-13-25)20-7-3-2-6-19(20)23/h2-3,6-8,14,17H,4-5,9-13,15H2,1H3/t17-/m1/s1. The quantitative estimate of drug-likeness (QED) is 0.770. The second kappa shape index (κ2) is 8.49. The maximum absolute atomic E-state index is 13.1. The summed E-state index contributed by atoms with van der Waals surface area (Å²) >= 11 is 6.31. The Bertz CT molecular complexity index is 889. The van der Waals surface area contributed by atoms with Crippen LogP contribution in [0.4, 0.5) is 5.69 Å². The molecule has 2 aliphatic heterocycles. The molecular weight excluding hydrogens is 390 g/mol. The minimum absolute atomic E-state index is 0.0442. The first-order chi connectivity index (χ1) is 14.0. The largest absolute Gasteiger partial charge is 0.469 e. The lowest BCUT2D eigenvalue weighted by Gasteiger charge is -2.40. The van der Waals surface area contributed by atoms with Crippen LogP contribution in [0.25, 0.3) is 0 Å². The van der Waals surface area contributed by atoms with Gasteiger partial charge in [0.2, 0.25) is 5.91 Å². The Labute approximate surface area is 176 Å². The van der Waals surface area contributed by atoms with Crippen molar-refractivity contribution >= 4 is 29.1 Å². The number of likely N-dealkylation sites (tertiary alicyclic amines) is 1. The van der Waals surface area contributed by atoms with Crippen LogP contribution in [0.5, 0.6) is 0 Å². The number of anilines is 1. The van der Waals surface area contributed by atoms with E-state index in [-0.39, 0.29) is 17.7 Å². The number of carbonyl (C=O) groups excluding carboxylic acids is 2. The fourth-order valence-electron chi connectivity index (χ4n) is 4.27. The first-order valence-corrected chi connectivity index (χ1v) is 10.5. The number of aryl methyl sites for hydroxylation is 1. The van der Waals surface area contributed by atoms with Crippen molar-refractivity contribution in [1.29, 1.82) is 0 Å². The predicted octanol–water partition coefficient (Wildman–Crippen LogP) is 3.44. The highest BCUT2D eigenvalue weighted by atomic mass is 35.5. The Morgan fingerprint density at radius 1 is 1.03 bits per heavy atom. The first-order valence-electron chi connectivity index (χ1n) is 10.2. The summed E-state index contributed by atoms with van der Waals surface area (Å²) in [5, 5.41) is 0.739. The molecule has 0 spiro atoms. The number of carbonyl (C=O) groups is 2. The first kappa shape index (κ1) is 19.8. The summed E-state index contributed by atoms with van der Waals surface area (Å²) < 4.78 is 5.26. The van der Waals surface area contributed by atoms with Gasteiger partial charge in [-0.3, -0.25) is 9.59 Å². The lowest BCUT2D eigenvalue weighted by molar-refractivity contribution is -0.137. The normalized spacial score (nSPS) is 20.1. The number of piperidine rings is 1. The van der Waals surface area contributed by atoms with E-state index in [2.05, 4.69) is 4.90 Å². The van der Waals surface area contributed by atoms with Crippen molar-refractivity contribution in [3.8, 4) is 0 Å². The molecular formula is C22H26ClN3O3. The molecule has 0 aliphatic carbocycles. The Morgan fingerprint density at radius 2 is 1.79 bits per heavy atom. The Kier molecular flexibility index (Phi) is 5.81. The maximum Gasteiger partial charge on any atom is 0.257 e. The van der Waals surface area contributed by atoms with Crippen molar-refractivity contribution in [2.24, 2.45) is 5.92 Å². The summed E-state index contributed by atoms with van der Waals surface area (Å²) in [5.41, 5.74) is 1.61. The van der Waals surface area contributed by atoms with E-state index < -0.39 is 0 Å². The van der Waals surface area contributed by atoms with Crippen molar-refractivity contribution in [3.63, 3.8) is 0 Å². The van der Waals surface area contributed by atoms with E-state index in [1.165, 1.54) is 6.26 Å². The highest BCUT2D eigenvalue weighted by molar-refractivity contribution is 6.33. The van der Waals surface area contributed by atoms with Gasteiger partial charge in [0.05, 0.1) is 28.5 Å². The number of halogens is 1. The number of hydrogen-bond acceptors (Lipinski definition) is 4. The molecule has 154 valence electrons. The molecule has 3 heterocycles. The molecule has 2 fully saturated rings. The monoisotopic (exact) mass is 415 g/mol. The van der Waals surface area contributed by atoms with Gasteiger partial charge in [-0.05, 0) is 38.0 Å². The van der Waals surface area contributed by atoms with Gasteiger partial charge >= 0.3 is 0 Å². The van der Waals surface area contributed by atoms with Gasteiger partial charge in [-0.1, -0.05) is 23.7 Å². The van der Waals surface area contributed by atoms with Gasteiger partial charge in [-0.25, -0.2) is 0 Å². The SMILES string of the molecule is Cc1occc1C(=O)N1CCC[C@@H](C(=O)N2CCN(c3ccccc3Cl)CC2)C1. The second-order valence-corrected chi connectivity index (χ2v) is 8.15. The summed E-state index contributed by atoms with van der Waals surface area (Å²) in [6.45, 7) is 5.83. The number of piperazine rings is 1. The molecule has 29 heavy (non-hydrogen) atoms. The van der Waals surface area contributed by atoms with E-state index in [0.29, 0.717) is 37.5 Å². The number of para-hydroxylation sites is 1. The van der Waals surface area contributed by atoms with E-state index >= 15 is 0 Å². The van der Waals surface area contributed by atoms with Crippen LogP contribution in [-0.4, -0.2) is 60.9 Å². The molecule has 0 radical (unpaired) electrons. The van der Waals surface area contributed by atoms with Gasteiger partial charge in [0, 0.05) is 39.3 Å². The van der Waals surface area contributed by atoms with E-state index in [1.807, 2.05) is 29.2 Å². The van der Waals surface area contributed by atoms with E-state index in [0.717, 1.165) is 36.6 Å². The second-order valence-electron chi connectivity index (χ2n) is 7.74. The van der Waals surface area contributed by atoms with Crippen molar-refractivity contribution in [3.05, 3.63) is 52.9 Å². The van der Waals surface area contributed by atoms with Crippen LogP contribution in [0.15, 0.2) is 41.0 Å². The summed E-state index contributed by atoms with van der Waals surface area (Å²) in [6.07, 6.45) is 3.21. The predicted molar refractivity (Wildman–Crippen MR) is 112 cm³/mol. The number of amides is 2. The van der Waals surface area contributed by atoms with Crippen LogP contribution < -0.4 is 4.90 Å². The molecule has 1 aromatic carbocycles. The van der Waals surface area contributed by atoms with Gasteiger partial charge < -0.3 is 19.1 Å². The third-order valence-electron chi connectivity index (χ3n) is 5.93. The third-order valence-corrected chi connectivity index (χ3v) is 6.25. The molecule has 1 aromatic heterocycles. The molecule has 0 unspecified atom stereocenters. The Hall–Kier alpha value is -2.47. The van der Waals surface area contributed by atoms with Crippen molar-refractivity contribution in [1.82, 2.24) is 9.80 Å². The summed E-state index contributed by atoms with van der Waals surface area (Å²) in [6, 6.07) is 9.52. The Morgan fingerprint density at radius 3 is 2.48 bits per heavy atom. The smallest absolute Gasteiger partial charge is 0.257 e. The van der Waals surface area contributed by atoms with E-state index in [1.54, 1.807) is 17.9 Å². The van der Waals surface area contributed by atoms with Crippen LogP contribution in [0.3, 0.4) is 0 Å². The molecule has 2 aliphatic rings. The summed E-state index contributed by atoms with van der Waals surface area (Å²) in [5.74, 6) is 0.605. The molecule has 7 heteroatoms. The highest BCUT2D eigenvalue weighted by Crippen LogP contribution is 2.27. The average molecular weight is 416 g/mol. The lowest BCUT2D eigenvalue weighted by Crippen LogP contribution is -2.53. The highest BCUT2D eigenvalue weighted by Gasteiger charge is 2.33. The van der Waals surface area contributed by atoms with Crippen LogP contribution >= 0.6 is 11.6 Å². The summed E-state index contributed by atoms with van der Waals surface area (Å²) in [7, 11) is 0. The van der Waals surface area contributed by atoms with Crippen molar-refractivity contribution in [2.45, 2.75) is 19.8 Å². The van der Waals surface area contributed by atoms with Gasteiger partial charge in [-0.15, -0.1) is 0 Å². The molecule has 1 atom stereocenters. The zero-order chi connectivity index (χ0) is 20.4. The topological polar surface area (TPSA) is 57.0 Å². The zero-order valence-electron chi connectivity index (χ0n) is 16.6. The molecule has 4 rings (SSSR count). The fraction of sp³-hybridized carbons (Fsp3) is 0.455. The van der Waals surface area contributed by atoms with Crippen LogP contribution in [0.2, 0.25) is 5.02 Å². The van der Waals surface area contributed by atoms with Gasteiger partial charge in [0.25, 0.3) is 5.91 Å². The zero-order valence-corrected chi connectivity index (χ0v) is 17.4. The number of furan rings is 1.